The van der Waals surface area contributed by atoms with Gasteiger partial charge in [0, 0.05) is 17.1 Å². The first-order chi connectivity index (χ1) is 15.8. The highest BCUT2D eigenvalue weighted by molar-refractivity contribution is 8.00. The number of pyridine rings is 1. The van der Waals surface area contributed by atoms with Gasteiger partial charge in [0.1, 0.15) is 5.03 Å². The molecule has 1 saturated carbocycles. The molecule has 3 aromatic rings. The minimum absolute atomic E-state index is 0.0105. The van der Waals surface area contributed by atoms with Gasteiger partial charge in [0.2, 0.25) is 15.9 Å². The highest BCUT2D eigenvalue weighted by Gasteiger charge is 2.21. The number of aromatic nitrogens is 1. The van der Waals surface area contributed by atoms with E-state index in [1.165, 1.54) is 35.9 Å². The molecule has 1 amide bonds. The lowest BCUT2D eigenvalue weighted by Gasteiger charge is -2.22. The number of benzene rings is 2. The molecule has 6 nitrogen and oxygen atoms in total. The SMILES string of the molecule is Cc1ccc2nc(SCC(=O)Nc3ccc(S(=O)(=O)NC4CCCCC4)cc3)c(C)cc2c1. The summed E-state index contributed by atoms with van der Waals surface area (Å²) >= 11 is 1.39. The lowest BCUT2D eigenvalue weighted by atomic mass is 9.96. The number of nitrogens with one attached hydrogen (secondary N) is 2. The number of carbonyl (C=O) groups excluding carboxylic acids is 1. The maximum Gasteiger partial charge on any atom is 0.240 e. The number of nitrogens with zero attached hydrogens (tertiary/aromatic N) is 1. The number of thioether (sulfide) groups is 1. The van der Waals surface area contributed by atoms with Gasteiger partial charge in [0.25, 0.3) is 0 Å². The van der Waals surface area contributed by atoms with Crippen LogP contribution in [0.1, 0.15) is 43.2 Å². The van der Waals surface area contributed by atoms with Gasteiger partial charge in [-0.1, -0.05) is 42.7 Å². The predicted molar refractivity (Wildman–Crippen MR) is 134 cm³/mol. The fourth-order valence-electron chi connectivity index (χ4n) is 4.09. The Kier molecular flexibility index (Phi) is 7.36. The van der Waals surface area contributed by atoms with Crippen molar-refractivity contribution in [2.24, 2.45) is 0 Å². The lowest BCUT2D eigenvalue weighted by Crippen LogP contribution is -2.36. The van der Waals surface area contributed by atoms with Gasteiger partial charge in [-0.15, -0.1) is 0 Å². The molecule has 0 saturated heterocycles. The summed E-state index contributed by atoms with van der Waals surface area (Å²) < 4.78 is 28.1. The van der Waals surface area contributed by atoms with E-state index in [4.69, 9.17) is 4.98 Å². The smallest absolute Gasteiger partial charge is 0.240 e. The minimum atomic E-state index is -3.55. The molecule has 1 aromatic heterocycles. The molecule has 0 bridgehead atoms. The predicted octanol–water partition coefficient (Wildman–Crippen LogP) is 5.19. The number of sulfonamides is 1. The number of rotatable bonds is 7. The van der Waals surface area contributed by atoms with Crippen molar-refractivity contribution in [1.29, 1.82) is 0 Å². The molecule has 0 unspecified atom stereocenters. The van der Waals surface area contributed by atoms with Crippen LogP contribution in [0.5, 0.6) is 0 Å². The van der Waals surface area contributed by atoms with Crippen LogP contribution < -0.4 is 10.0 Å². The van der Waals surface area contributed by atoms with E-state index in [0.29, 0.717) is 5.69 Å². The topological polar surface area (TPSA) is 88.2 Å². The quantitative estimate of drug-likeness (QED) is 0.451. The zero-order valence-electron chi connectivity index (χ0n) is 18.9. The third-order valence-corrected chi connectivity index (χ3v) is 8.46. The molecule has 174 valence electrons. The van der Waals surface area contributed by atoms with Gasteiger partial charge in [-0.05, 0) is 74.7 Å². The van der Waals surface area contributed by atoms with Gasteiger partial charge in [0.05, 0.1) is 16.2 Å². The molecule has 2 N–H and O–H groups in total. The molecule has 1 heterocycles. The van der Waals surface area contributed by atoms with Crippen molar-refractivity contribution in [3.63, 3.8) is 0 Å². The number of fused-ring (bicyclic) bond motifs is 1. The summed E-state index contributed by atoms with van der Waals surface area (Å²) in [5.74, 6) is 0.0511. The molecule has 1 fully saturated rings. The molecule has 33 heavy (non-hydrogen) atoms. The van der Waals surface area contributed by atoms with E-state index in [1.54, 1.807) is 12.1 Å². The second kappa shape index (κ2) is 10.2. The molecule has 0 spiro atoms. The standard InChI is InChI=1S/C25H29N3O3S2/c1-17-8-13-23-19(14-17)15-18(2)25(27-23)32-16-24(29)26-20-9-11-22(12-10-20)33(30,31)28-21-6-4-3-5-7-21/h8-15,21,28H,3-7,16H2,1-2H3,(H,26,29). The fraction of sp³-hybridized carbons (Fsp3) is 0.360. The second-order valence-corrected chi connectivity index (χ2v) is 11.3. The fourth-order valence-corrected chi connectivity index (χ4v) is 6.18. The zero-order valence-corrected chi connectivity index (χ0v) is 20.6. The molecule has 1 aliphatic carbocycles. The maximum atomic E-state index is 12.6. The molecule has 0 atom stereocenters. The Bertz CT molecular complexity index is 1250. The van der Waals surface area contributed by atoms with E-state index in [1.807, 2.05) is 19.1 Å². The Balaban J connectivity index is 1.34. The first-order valence-corrected chi connectivity index (χ1v) is 13.7. The summed E-state index contributed by atoms with van der Waals surface area (Å²) in [5.41, 5.74) is 3.70. The van der Waals surface area contributed by atoms with E-state index in [0.717, 1.165) is 47.2 Å². The molecule has 4 rings (SSSR count). The summed E-state index contributed by atoms with van der Waals surface area (Å²) in [6.45, 7) is 4.05. The summed E-state index contributed by atoms with van der Waals surface area (Å²) in [6.07, 6.45) is 5.06. The summed E-state index contributed by atoms with van der Waals surface area (Å²) in [7, 11) is -3.55. The third-order valence-electron chi connectivity index (χ3n) is 5.83. The first-order valence-electron chi connectivity index (χ1n) is 11.2. The summed E-state index contributed by atoms with van der Waals surface area (Å²) in [6, 6.07) is 14.5. The minimum Gasteiger partial charge on any atom is -0.325 e. The first kappa shape index (κ1) is 23.7. The van der Waals surface area contributed by atoms with Gasteiger partial charge < -0.3 is 5.32 Å². The van der Waals surface area contributed by atoms with E-state index in [2.05, 4.69) is 29.1 Å². The van der Waals surface area contributed by atoms with Crippen LogP contribution in [0, 0.1) is 13.8 Å². The Labute approximate surface area is 199 Å². The van der Waals surface area contributed by atoms with Crippen molar-refractivity contribution in [3.8, 4) is 0 Å². The van der Waals surface area contributed by atoms with Crippen LogP contribution in [-0.2, 0) is 14.8 Å². The molecule has 1 aliphatic rings. The highest BCUT2D eigenvalue weighted by atomic mass is 32.2. The van der Waals surface area contributed by atoms with Crippen molar-refractivity contribution >= 4 is 44.3 Å². The van der Waals surface area contributed by atoms with E-state index in [9.17, 15) is 13.2 Å². The van der Waals surface area contributed by atoms with Gasteiger partial charge >= 0.3 is 0 Å². The number of aryl methyl sites for hydroxylation is 2. The van der Waals surface area contributed by atoms with E-state index < -0.39 is 10.0 Å². The average molecular weight is 484 g/mol. The van der Waals surface area contributed by atoms with Crippen molar-refractivity contribution in [1.82, 2.24) is 9.71 Å². The van der Waals surface area contributed by atoms with Gasteiger partial charge in [0.15, 0.2) is 0 Å². The second-order valence-electron chi connectivity index (χ2n) is 8.62. The summed E-state index contributed by atoms with van der Waals surface area (Å²) in [4.78, 5) is 17.4. The maximum absolute atomic E-state index is 12.6. The summed E-state index contributed by atoms with van der Waals surface area (Å²) in [5, 5.41) is 4.76. The highest BCUT2D eigenvalue weighted by Crippen LogP contribution is 2.25. The Hall–Kier alpha value is -2.42. The van der Waals surface area contributed by atoms with Crippen molar-refractivity contribution in [2.75, 3.05) is 11.1 Å². The Morgan fingerprint density at radius 3 is 2.48 bits per heavy atom. The number of carbonyl (C=O) groups is 1. The normalized spacial score (nSPS) is 15.0. The van der Waals surface area contributed by atoms with Crippen LogP contribution in [0.25, 0.3) is 10.9 Å². The number of anilines is 1. The number of hydrogen-bond acceptors (Lipinski definition) is 5. The van der Waals surface area contributed by atoms with Crippen molar-refractivity contribution in [2.45, 2.75) is 61.9 Å². The van der Waals surface area contributed by atoms with Gasteiger partial charge in [-0.25, -0.2) is 18.1 Å². The average Bonchev–Trinajstić information content (AvgIpc) is 2.78. The molecule has 0 aliphatic heterocycles. The van der Waals surface area contributed by atoms with Crippen LogP contribution in [0.2, 0.25) is 0 Å². The molecule has 8 heteroatoms. The Morgan fingerprint density at radius 1 is 1.03 bits per heavy atom. The van der Waals surface area contributed by atoms with Gasteiger partial charge in [-0.3, -0.25) is 4.79 Å². The van der Waals surface area contributed by atoms with Crippen molar-refractivity contribution in [3.05, 3.63) is 59.7 Å². The number of amides is 1. The van der Waals surface area contributed by atoms with Gasteiger partial charge in [-0.2, -0.15) is 0 Å². The van der Waals surface area contributed by atoms with E-state index >= 15 is 0 Å². The van der Waals surface area contributed by atoms with Crippen LogP contribution in [0.3, 0.4) is 0 Å². The molecular weight excluding hydrogens is 454 g/mol. The lowest BCUT2D eigenvalue weighted by molar-refractivity contribution is -0.113. The largest absolute Gasteiger partial charge is 0.325 e. The third kappa shape index (κ3) is 6.13. The van der Waals surface area contributed by atoms with Crippen LogP contribution in [-0.4, -0.2) is 31.1 Å². The van der Waals surface area contributed by atoms with Crippen molar-refractivity contribution < 1.29 is 13.2 Å². The number of hydrogen-bond donors (Lipinski definition) is 2. The van der Waals surface area contributed by atoms with Crippen LogP contribution in [0.15, 0.2) is 58.5 Å². The van der Waals surface area contributed by atoms with Crippen LogP contribution >= 0.6 is 11.8 Å². The molecular formula is C25H29N3O3S2. The monoisotopic (exact) mass is 483 g/mol. The van der Waals surface area contributed by atoms with Crippen LogP contribution in [0.4, 0.5) is 5.69 Å². The van der Waals surface area contributed by atoms with E-state index in [-0.39, 0.29) is 22.6 Å². The zero-order chi connectivity index (χ0) is 23.4. The molecule has 2 aromatic carbocycles. The Morgan fingerprint density at radius 2 is 1.76 bits per heavy atom. The molecule has 0 radical (unpaired) electrons.